The second-order valence-electron chi connectivity index (χ2n) is 6.64. The molecule has 5 heteroatoms. The first-order valence-corrected chi connectivity index (χ1v) is 10.8. The summed E-state index contributed by atoms with van der Waals surface area (Å²) >= 11 is 1.85. The van der Waals surface area contributed by atoms with Crippen molar-refractivity contribution < 1.29 is 4.79 Å². The van der Waals surface area contributed by atoms with Gasteiger partial charge in [0.15, 0.2) is 0 Å². The lowest BCUT2D eigenvalue weighted by atomic mass is 10.1. The number of amides is 1. The fourth-order valence-corrected chi connectivity index (χ4v) is 3.80. The van der Waals surface area contributed by atoms with Crippen molar-refractivity contribution in [2.45, 2.75) is 31.1 Å². The van der Waals surface area contributed by atoms with Gasteiger partial charge in [0, 0.05) is 24.6 Å². The molecule has 1 amide bonds. The molecule has 0 aliphatic rings. The van der Waals surface area contributed by atoms with E-state index in [0.717, 1.165) is 30.9 Å². The Morgan fingerprint density at radius 2 is 1.59 bits per heavy atom. The summed E-state index contributed by atoms with van der Waals surface area (Å²) in [4.78, 5) is 14.7. The van der Waals surface area contributed by atoms with Crippen LogP contribution in [-0.2, 0) is 17.0 Å². The largest absolute Gasteiger partial charge is 0.340 e. The lowest BCUT2D eigenvalue weighted by Crippen LogP contribution is -2.45. The Morgan fingerprint density at radius 3 is 2.22 bits per heavy atom. The molecule has 2 aromatic carbocycles. The van der Waals surface area contributed by atoms with Crippen LogP contribution in [0.5, 0.6) is 0 Å². The van der Waals surface area contributed by atoms with Crippen LogP contribution < -0.4 is 11.5 Å². The molecule has 4 N–H and O–H groups in total. The van der Waals surface area contributed by atoms with Crippen molar-refractivity contribution >= 4 is 17.7 Å². The Labute approximate surface area is 167 Å². The van der Waals surface area contributed by atoms with Gasteiger partial charge in [-0.15, -0.1) is 0 Å². The maximum atomic E-state index is 12.8. The van der Waals surface area contributed by atoms with Crippen molar-refractivity contribution in [3.63, 3.8) is 0 Å². The Kier molecular flexibility index (Phi) is 9.98. The van der Waals surface area contributed by atoms with Gasteiger partial charge in [0.2, 0.25) is 5.91 Å². The molecule has 0 spiro atoms. The van der Waals surface area contributed by atoms with Crippen LogP contribution in [0.3, 0.4) is 0 Å². The number of hydrogen-bond acceptors (Lipinski definition) is 4. The molecule has 146 valence electrons. The Balaban J connectivity index is 1.86. The molecular weight excluding hydrogens is 354 g/mol. The zero-order valence-corrected chi connectivity index (χ0v) is 16.7. The van der Waals surface area contributed by atoms with Crippen LogP contribution in [0.2, 0.25) is 0 Å². The van der Waals surface area contributed by atoms with E-state index in [0.29, 0.717) is 19.5 Å². The van der Waals surface area contributed by atoms with Gasteiger partial charge in [-0.2, -0.15) is 11.8 Å². The summed E-state index contributed by atoms with van der Waals surface area (Å²) in [6.45, 7) is 1.99. The fraction of sp³-hybridized carbons (Fsp3) is 0.409. The van der Waals surface area contributed by atoms with Crippen molar-refractivity contribution in [1.82, 2.24) is 4.90 Å². The average Bonchev–Trinajstić information content (AvgIpc) is 2.72. The van der Waals surface area contributed by atoms with Crippen molar-refractivity contribution in [3.8, 4) is 0 Å². The number of thioether (sulfide) groups is 1. The zero-order valence-electron chi connectivity index (χ0n) is 15.9. The van der Waals surface area contributed by atoms with Gasteiger partial charge >= 0.3 is 0 Å². The van der Waals surface area contributed by atoms with E-state index in [1.54, 1.807) is 0 Å². The van der Waals surface area contributed by atoms with Crippen molar-refractivity contribution in [1.29, 1.82) is 0 Å². The standard InChI is InChI=1S/C22H31N3OS/c23-14-7-12-21(24)22(26)25(15-13-19-8-3-1-4-9-19)16-17-27-18-20-10-5-2-6-11-20/h1-6,8-11,21H,7,12-18,23-24H2/t21-/m1/s1. The van der Waals surface area contributed by atoms with E-state index < -0.39 is 6.04 Å². The van der Waals surface area contributed by atoms with E-state index in [1.165, 1.54) is 11.1 Å². The van der Waals surface area contributed by atoms with E-state index in [1.807, 2.05) is 40.9 Å². The quantitative estimate of drug-likeness (QED) is 0.551. The summed E-state index contributed by atoms with van der Waals surface area (Å²) in [6.07, 6.45) is 2.27. The first kappa shape index (κ1) is 21.5. The van der Waals surface area contributed by atoms with Crippen molar-refractivity contribution in [3.05, 3.63) is 71.8 Å². The Bertz CT molecular complexity index is 651. The molecule has 0 aliphatic heterocycles. The van der Waals surface area contributed by atoms with Gasteiger partial charge in [-0.3, -0.25) is 4.79 Å². The molecule has 0 bridgehead atoms. The second-order valence-corrected chi connectivity index (χ2v) is 7.74. The van der Waals surface area contributed by atoms with Crippen LogP contribution in [0, 0.1) is 0 Å². The summed E-state index contributed by atoms with van der Waals surface area (Å²) in [5, 5.41) is 0. The highest BCUT2D eigenvalue weighted by atomic mass is 32.2. The fourth-order valence-electron chi connectivity index (χ4n) is 2.88. The normalized spacial score (nSPS) is 11.9. The molecule has 0 fully saturated rings. The average molecular weight is 386 g/mol. The number of hydrogen-bond donors (Lipinski definition) is 2. The summed E-state index contributed by atoms with van der Waals surface area (Å²) in [6, 6.07) is 20.2. The minimum Gasteiger partial charge on any atom is -0.340 e. The minimum absolute atomic E-state index is 0.0414. The maximum absolute atomic E-state index is 12.8. The van der Waals surface area contributed by atoms with Gasteiger partial charge < -0.3 is 16.4 Å². The Morgan fingerprint density at radius 1 is 0.963 bits per heavy atom. The van der Waals surface area contributed by atoms with Gasteiger partial charge in [0.05, 0.1) is 6.04 Å². The monoisotopic (exact) mass is 385 g/mol. The first-order chi connectivity index (χ1) is 13.2. The second kappa shape index (κ2) is 12.5. The molecule has 0 aromatic heterocycles. The molecular formula is C22H31N3OS. The predicted octanol–water partition coefficient (Wildman–Crippen LogP) is 3.06. The van der Waals surface area contributed by atoms with E-state index >= 15 is 0 Å². The number of nitrogens with zero attached hydrogens (tertiary/aromatic N) is 1. The minimum atomic E-state index is -0.455. The number of carbonyl (C=O) groups is 1. The van der Waals surface area contributed by atoms with Crippen molar-refractivity contribution in [2.24, 2.45) is 11.5 Å². The van der Waals surface area contributed by atoms with Gasteiger partial charge in [-0.1, -0.05) is 60.7 Å². The highest BCUT2D eigenvalue weighted by Crippen LogP contribution is 2.13. The summed E-state index contributed by atoms with van der Waals surface area (Å²) in [5.74, 6) is 1.90. The van der Waals surface area contributed by atoms with Crippen LogP contribution in [0.25, 0.3) is 0 Å². The lowest BCUT2D eigenvalue weighted by Gasteiger charge is -2.26. The summed E-state index contributed by atoms with van der Waals surface area (Å²) in [5.41, 5.74) is 14.2. The number of rotatable bonds is 12. The molecule has 0 saturated heterocycles. The van der Waals surface area contributed by atoms with Crippen LogP contribution >= 0.6 is 11.8 Å². The maximum Gasteiger partial charge on any atom is 0.239 e. The molecule has 4 nitrogen and oxygen atoms in total. The molecule has 27 heavy (non-hydrogen) atoms. The van der Waals surface area contributed by atoms with Crippen molar-refractivity contribution in [2.75, 3.05) is 25.4 Å². The first-order valence-electron chi connectivity index (χ1n) is 9.60. The van der Waals surface area contributed by atoms with E-state index in [9.17, 15) is 4.79 Å². The third-order valence-corrected chi connectivity index (χ3v) is 5.49. The van der Waals surface area contributed by atoms with Gasteiger partial charge in [0.25, 0.3) is 0 Å². The predicted molar refractivity (Wildman–Crippen MR) is 116 cm³/mol. The SMILES string of the molecule is NCCC[C@@H](N)C(=O)N(CCSCc1ccccc1)CCc1ccccc1. The molecule has 1 atom stereocenters. The van der Waals surface area contributed by atoms with Gasteiger partial charge in [0.1, 0.15) is 0 Å². The van der Waals surface area contributed by atoms with Crippen LogP contribution in [-0.4, -0.2) is 42.2 Å². The Hall–Kier alpha value is -1.82. The molecule has 2 aromatic rings. The summed E-state index contributed by atoms with van der Waals surface area (Å²) in [7, 11) is 0. The zero-order chi connectivity index (χ0) is 19.3. The molecule has 0 heterocycles. The van der Waals surface area contributed by atoms with Crippen LogP contribution in [0.15, 0.2) is 60.7 Å². The smallest absolute Gasteiger partial charge is 0.239 e. The molecule has 0 unspecified atom stereocenters. The number of benzene rings is 2. The molecule has 0 radical (unpaired) electrons. The highest BCUT2D eigenvalue weighted by Gasteiger charge is 2.20. The number of nitrogens with two attached hydrogens (primary N) is 2. The van der Waals surface area contributed by atoms with Crippen LogP contribution in [0.1, 0.15) is 24.0 Å². The van der Waals surface area contributed by atoms with E-state index in [-0.39, 0.29) is 5.91 Å². The van der Waals surface area contributed by atoms with Gasteiger partial charge in [-0.25, -0.2) is 0 Å². The third kappa shape index (κ3) is 8.16. The third-order valence-electron chi connectivity index (χ3n) is 4.48. The molecule has 0 aliphatic carbocycles. The molecule has 2 rings (SSSR count). The van der Waals surface area contributed by atoms with Gasteiger partial charge in [-0.05, 0) is 36.9 Å². The molecule has 0 saturated carbocycles. The summed E-state index contributed by atoms with van der Waals surface area (Å²) < 4.78 is 0. The lowest BCUT2D eigenvalue weighted by molar-refractivity contribution is -0.132. The topological polar surface area (TPSA) is 72.3 Å². The van der Waals surface area contributed by atoms with E-state index in [2.05, 4.69) is 36.4 Å². The van der Waals surface area contributed by atoms with E-state index in [4.69, 9.17) is 11.5 Å². The highest BCUT2D eigenvalue weighted by molar-refractivity contribution is 7.98. The number of carbonyl (C=O) groups excluding carboxylic acids is 1. The van der Waals surface area contributed by atoms with Crippen LogP contribution in [0.4, 0.5) is 0 Å².